The SMILES string of the molecule is COC1(CNC(=O)NC(CCCO)c2ccccc2)CCC1. The highest BCUT2D eigenvalue weighted by molar-refractivity contribution is 5.74. The van der Waals surface area contributed by atoms with Gasteiger partial charge in [-0.1, -0.05) is 30.3 Å². The maximum absolute atomic E-state index is 12.2. The number of urea groups is 1. The van der Waals surface area contributed by atoms with Gasteiger partial charge in [-0.3, -0.25) is 0 Å². The second kappa shape index (κ2) is 8.15. The van der Waals surface area contributed by atoms with Crippen LogP contribution in [-0.2, 0) is 4.74 Å². The molecule has 0 saturated heterocycles. The van der Waals surface area contributed by atoms with Crippen molar-refractivity contribution in [3.05, 3.63) is 35.9 Å². The van der Waals surface area contributed by atoms with Gasteiger partial charge in [0.2, 0.25) is 0 Å². The third-order valence-corrected chi connectivity index (χ3v) is 4.43. The van der Waals surface area contributed by atoms with Crippen LogP contribution < -0.4 is 10.6 Å². The number of methoxy groups -OCH3 is 1. The van der Waals surface area contributed by atoms with Gasteiger partial charge in [-0.25, -0.2) is 4.79 Å². The van der Waals surface area contributed by atoms with Gasteiger partial charge >= 0.3 is 6.03 Å². The molecular weight excluding hydrogens is 280 g/mol. The monoisotopic (exact) mass is 306 g/mol. The second-order valence-electron chi connectivity index (χ2n) is 5.90. The van der Waals surface area contributed by atoms with E-state index in [1.165, 1.54) is 0 Å². The molecule has 1 aliphatic rings. The van der Waals surface area contributed by atoms with Crippen LogP contribution in [0.15, 0.2) is 30.3 Å². The van der Waals surface area contributed by atoms with E-state index in [1.807, 2.05) is 30.3 Å². The van der Waals surface area contributed by atoms with Crippen molar-refractivity contribution in [2.45, 2.75) is 43.7 Å². The summed E-state index contributed by atoms with van der Waals surface area (Å²) in [4.78, 5) is 12.2. The number of aliphatic hydroxyl groups excluding tert-OH is 1. The van der Waals surface area contributed by atoms with Crippen LogP contribution in [0.25, 0.3) is 0 Å². The summed E-state index contributed by atoms with van der Waals surface area (Å²) in [6.45, 7) is 0.663. The standard InChI is InChI=1S/C17H26N2O3/c1-22-17(10-6-11-17)13-18-16(21)19-15(9-5-12-20)14-7-3-2-4-8-14/h2-4,7-8,15,20H,5-6,9-13H2,1H3,(H2,18,19,21). The number of rotatable bonds is 8. The van der Waals surface area contributed by atoms with Gasteiger partial charge in [-0.05, 0) is 37.7 Å². The van der Waals surface area contributed by atoms with Gasteiger partial charge in [0.15, 0.2) is 0 Å². The minimum atomic E-state index is -0.185. The van der Waals surface area contributed by atoms with Gasteiger partial charge in [-0.15, -0.1) is 0 Å². The average Bonchev–Trinajstić information content (AvgIpc) is 2.51. The molecule has 0 radical (unpaired) electrons. The Labute approximate surface area is 132 Å². The van der Waals surface area contributed by atoms with Crippen LogP contribution in [-0.4, -0.2) is 37.0 Å². The molecule has 122 valence electrons. The predicted octanol–water partition coefficient (Wildman–Crippen LogP) is 2.37. The minimum absolute atomic E-state index is 0.0896. The molecule has 1 aromatic rings. The first-order chi connectivity index (χ1) is 10.7. The molecule has 0 aromatic heterocycles. The van der Waals surface area contributed by atoms with E-state index in [0.717, 1.165) is 24.8 Å². The summed E-state index contributed by atoms with van der Waals surface area (Å²) >= 11 is 0. The topological polar surface area (TPSA) is 70.6 Å². The molecular formula is C17H26N2O3. The van der Waals surface area contributed by atoms with E-state index in [4.69, 9.17) is 9.84 Å². The van der Waals surface area contributed by atoms with Crippen LogP contribution in [0.1, 0.15) is 43.7 Å². The Hall–Kier alpha value is -1.59. The molecule has 1 saturated carbocycles. The van der Waals surface area contributed by atoms with Crippen molar-refractivity contribution in [3.63, 3.8) is 0 Å². The van der Waals surface area contributed by atoms with Crippen LogP contribution in [0, 0.1) is 0 Å². The molecule has 5 heteroatoms. The molecule has 1 aliphatic carbocycles. The maximum Gasteiger partial charge on any atom is 0.315 e. The lowest BCUT2D eigenvalue weighted by molar-refractivity contribution is -0.0674. The van der Waals surface area contributed by atoms with Gasteiger partial charge < -0.3 is 20.5 Å². The lowest BCUT2D eigenvalue weighted by atomic mass is 9.80. The number of carbonyl (C=O) groups is 1. The van der Waals surface area contributed by atoms with Crippen LogP contribution >= 0.6 is 0 Å². The molecule has 0 bridgehead atoms. The van der Waals surface area contributed by atoms with Crippen molar-refractivity contribution < 1.29 is 14.6 Å². The number of ether oxygens (including phenoxy) is 1. The summed E-state index contributed by atoms with van der Waals surface area (Å²) in [7, 11) is 1.70. The molecule has 2 amide bonds. The highest BCUT2D eigenvalue weighted by atomic mass is 16.5. The van der Waals surface area contributed by atoms with Crippen LogP contribution in [0.4, 0.5) is 4.79 Å². The highest BCUT2D eigenvalue weighted by Gasteiger charge is 2.37. The number of aliphatic hydroxyl groups is 1. The van der Waals surface area contributed by atoms with Crippen LogP contribution in [0.2, 0.25) is 0 Å². The van der Waals surface area contributed by atoms with Crippen molar-refractivity contribution in [1.29, 1.82) is 0 Å². The molecule has 2 rings (SSSR count). The second-order valence-corrected chi connectivity index (χ2v) is 5.90. The number of benzene rings is 1. The first-order valence-corrected chi connectivity index (χ1v) is 7.94. The first kappa shape index (κ1) is 16.8. The van der Waals surface area contributed by atoms with E-state index in [0.29, 0.717) is 19.4 Å². The third kappa shape index (κ3) is 4.45. The largest absolute Gasteiger partial charge is 0.396 e. The summed E-state index contributed by atoms with van der Waals surface area (Å²) in [5.74, 6) is 0. The summed E-state index contributed by atoms with van der Waals surface area (Å²) in [5.41, 5.74) is 0.876. The fourth-order valence-corrected chi connectivity index (χ4v) is 2.78. The smallest absolute Gasteiger partial charge is 0.315 e. The zero-order valence-corrected chi connectivity index (χ0v) is 13.2. The molecule has 0 spiro atoms. The molecule has 1 aromatic carbocycles. The van der Waals surface area contributed by atoms with Gasteiger partial charge in [0.25, 0.3) is 0 Å². The van der Waals surface area contributed by atoms with Crippen molar-refractivity contribution in [2.24, 2.45) is 0 Å². The molecule has 1 atom stereocenters. The van der Waals surface area contributed by atoms with Gasteiger partial charge in [0.05, 0.1) is 11.6 Å². The number of hydrogen-bond acceptors (Lipinski definition) is 3. The molecule has 1 fully saturated rings. The average molecular weight is 306 g/mol. The summed E-state index contributed by atoms with van der Waals surface area (Å²) in [6.07, 6.45) is 4.51. The predicted molar refractivity (Wildman–Crippen MR) is 85.6 cm³/mol. The maximum atomic E-state index is 12.2. The van der Waals surface area contributed by atoms with Crippen molar-refractivity contribution in [2.75, 3.05) is 20.3 Å². The number of nitrogens with one attached hydrogen (secondary N) is 2. The van der Waals surface area contributed by atoms with Crippen LogP contribution in [0.5, 0.6) is 0 Å². The van der Waals surface area contributed by atoms with Crippen molar-refractivity contribution in [1.82, 2.24) is 10.6 Å². The Morgan fingerprint density at radius 2 is 2.09 bits per heavy atom. The van der Waals surface area contributed by atoms with E-state index < -0.39 is 0 Å². The minimum Gasteiger partial charge on any atom is -0.396 e. The lowest BCUT2D eigenvalue weighted by Gasteiger charge is -2.40. The molecule has 5 nitrogen and oxygen atoms in total. The Kier molecular flexibility index (Phi) is 6.21. The van der Waals surface area contributed by atoms with Gasteiger partial charge in [0.1, 0.15) is 0 Å². The van der Waals surface area contributed by atoms with Crippen molar-refractivity contribution >= 4 is 6.03 Å². The molecule has 0 aliphatic heterocycles. The number of hydrogen-bond donors (Lipinski definition) is 3. The fraction of sp³-hybridized carbons (Fsp3) is 0.588. The van der Waals surface area contributed by atoms with E-state index in [2.05, 4.69) is 10.6 Å². The van der Waals surface area contributed by atoms with E-state index >= 15 is 0 Å². The molecule has 3 N–H and O–H groups in total. The normalized spacial score (nSPS) is 17.4. The Morgan fingerprint density at radius 3 is 2.64 bits per heavy atom. The number of amides is 2. The summed E-state index contributed by atoms with van der Waals surface area (Å²) < 4.78 is 5.50. The summed E-state index contributed by atoms with van der Waals surface area (Å²) in [5, 5.41) is 14.9. The molecule has 0 heterocycles. The van der Waals surface area contributed by atoms with E-state index in [-0.39, 0.29) is 24.3 Å². The quantitative estimate of drug-likeness (QED) is 0.690. The first-order valence-electron chi connectivity index (χ1n) is 7.94. The molecule has 22 heavy (non-hydrogen) atoms. The van der Waals surface area contributed by atoms with Crippen molar-refractivity contribution in [3.8, 4) is 0 Å². The zero-order chi connectivity index (χ0) is 15.8. The summed E-state index contributed by atoms with van der Waals surface area (Å²) in [6, 6.07) is 9.56. The van der Waals surface area contributed by atoms with Gasteiger partial charge in [0, 0.05) is 20.3 Å². The van der Waals surface area contributed by atoms with E-state index in [1.54, 1.807) is 7.11 Å². The molecule has 1 unspecified atom stereocenters. The number of carbonyl (C=O) groups excluding carboxylic acids is 1. The fourth-order valence-electron chi connectivity index (χ4n) is 2.78. The highest BCUT2D eigenvalue weighted by Crippen LogP contribution is 2.34. The van der Waals surface area contributed by atoms with Crippen LogP contribution in [0.3, 0.4) is 0 Å². The Balaban J connectivity index is 1.87. The lowest BCUT2D eigenvalue weighted by Crippen LogP contribution is -2.51. The van der Waals surface area contributed by atoms with Gasteiger partial charge in [-0.2, -0.15) is 0 Å². The Morgan fingerprint density at radius 1 is 1.36 bits per heavy atom. The van der Waals surface area contributed by atoms with E-state index in [9.17, 15) is 4.79 Å². The zero-order valence-electron chi connectivity index (χ0n) is 13.2. The Bertz CT molecular complexity index is 455. The third-order valence-electron chi connectivity index (χ3n) is 4.43.